The van der Waals surface area contributed by atoms with Crippen LogP contribution in [0.4, 0.5) is 17.1 Å². The molecule has 0 saturated carbocycles. The van der Waals surface area contributed by atoms with E-state index in [-0.39, 0.29) is 23.3 Å². The van der Waals surface area contributed by atoms with Crippen LogP contribution in [0.25, 0.3) is 0 Å². The molecule has 2 amide bonds. The Bertz CT molecular complexity index is 853. The Labute approximate surface area is 178 Å². The van der Waals surface area contributed by atoms with Gasteiger partial charge in [-0.15, -0.1) is 11.8 Å². The molecular weight excluding hydrogens is 438 g/mol. The van der Waals surface area contributed by atoms with Crippen LogP contribution in [-0.2, 0) is 9.59 Å². The molecular formula is C21H24BrN3O2S. The maximum atomic E-state index is 12.2. The predicted octanol–water partition coefficient (Wildman–Crippen LogP) is 4.67. The summed E-state index contributed by atoms with van der Waals surface area (Å²) in [5.74, 6) is 0.237. The molecule has 0 atom stereocenters. The Morgan fingerprint density at radius 2 is 1.64 bits per heavy atom. The van der Waals surface area contributed by atoms with Gasteiger partial charge in [0, 0.05) is 34.6 Å². The molecule has 0 aromatic heterocycles. The van der Waals surface area contributed by atoms with Crippen LogP contribution < -0.4 is 15.5 Å². The van der Waals surface area contributed by atoms with E-state index in [2.05, 4.69) is 44.5 Å². The summed E-state index contributed by atoms with van der Waals surface area (Å²) in [4.78, 5) is 26.5. The first-order valence-electron chi connectivity index (χ1n) is 9.30. The number of carbonyl (C=O) groups excluding carboxylic acids is 2. The van der Waals surface area contributed by atoms with Gasteiger partial charge in [-0.05, 0) is 61.7 Å². The number of carbonyl (C=O) groups is 2. The van der Waals surface area contributed by atoms with Crippen molar-refractivity contribution in [2.75, 3.05) is 40.1 Å². The number of nitrogens with one attached hydrogen (secondary N) is 2. The van der Waals surface area contributed by atoms with E-state index in [1.54, 1.807) is 0 Å². The zero-order chi connectivity index (χ0) is 19.9. The highest BCUT2D eigenvalue weighted by atomic mass is 79.9. The van der Waals surface area contributed by atoms with Gasteiger partial charge in [0.1, 0.15) is 0 Å². The van der Waals surface area contributed by atoms with Gasteiger partial charge in [0.15, 0.2) is 0 Å². The van der Waals surface area contributed by atoms with Crippen LogP contribution in [0, 0.1) is 6.92 Å². The van der Waals surface area contributed by atoms with Gasteiger partial charge >= 0.3 is 0 Å². The van der Waals surface area contributed by atoms with Gasteiger partial charge in [0.25, 0.3) is 0 Å². The van der Waals surface area contributed by atoms with Gasteiger partial charge in [-0.3, -0.25) is 9.59 Å². The highest BCUT2D eigenvalue weighted by molar-refractivity contribution is 9.10. The maximum absolute atomic E-state index is 12.2. The zero-order valence-corrected chi connectivity index (χ0v) is 18.2. The fraction of sp³-hybridized carbons (Fsp3) is 0.333. The lowest BCUT2D eigenvalue weighted by molar-refractivity contribution is -0.114. The Hall–Kier alpha value is -1.99. The molecule has 1 aliphatic heterocycles. The summed E-state index contributed by atoms with van der Waals surface area (Å²) >= 11 is 4.67. The monoisotopic (exact) mass is 461 g/mol. The Morgan fingerprint density at radius 3 is 2.25 bits per heavy atom. The number of rotatable bonds is 7. The predicted molar refractivity (Wildman–Crippen MR) is 121 cm³/mol. The van der Waals surface area contributed by atoms with Crippen molar-refractivity contribution in [2.45, 2.75) is 19.8 Å². The van der Waals surface area contributed by atoms with Crippen molar-refractivity contribution in [1.82, 2.24) is 0 Å². The van der Waals surface area contributed by atoms with E-state index in [0.29, 0.717) is 0 Å². The molecule has 1 fully saturated rings. The van der Waals surface area contributed by atoms with Crippen LogP contribution in [0.5, 0.6) is 0 Å². The molecule has 1 aliphatic rings. The van der Waals surface area contributed by atoms with Crippen LogP contribution >= 0.6 is 27.7 Å². The van der Waals surface area contributed by atoms with E-state index in [1.165, 1.54) is 35.9 Å². The maximum Gasteiger partial charge on any atom is 0.234 e. The summed E-state index contributed by atoms with van der Waals surface area (Å²) in [6.45, 7) is 4.28. The molecule has 2 aromatic carbocycles. The molecule has 1 saturated heterocycles. The fourth-order valence-corrected chi connectivity index (χ4v) is 4.26. The number of hydrogen-bond donors (Lipinski definition) is 2. The zero-order valence-electron chi connectivity index (χ0n) is 15.8. The number of benzene rings is 2. The van der Waals surface area contributed by atoms with Crippen LogP contribution in [0.15, 0.2) is 46.9 Å². The van der Waals surface area contributed by atoms with E-state index in [1.807, 2.05) is 36.4 Å². The largest absolute Gasteiger partial charge is 0.371 e. The van der Waals surface area contributed by atoms with Gasteiger partial charge in [0.2, 0.25) is 11.8 Å². The van der Waals surface area contributed by atoms with Crippen LogP contribution in [0.3, 0.4) is 0 Å². The first-order chi connectivity index (χ1) is 13.5. The summed E-state index contributed by atoms with van der Waals surface area (Å²) in [6, 6.07) is 13.5. The Morgan fingerprint density at radius 1 is 1.00 bits per heavy atom. The van der Waals surface area contributed by atoms with E-state index in [4.69, 9.17) is 0 Å². The molecule has 28 heavy (non-hydrogen) atoms. The number of hydrogen-bond acceptors (Lipinski definition) is 4. The van der Waals surface area contributed by atoms with Crippen molar-refractivity contribution >= 4 is 56.6 Å². The SMILES string of the molecule is Cc1cc(NC(=O)CSCC(=O)Nc2cccc(Br)c2)ccc1N1CCCC1. The quantitative estimate of drug-likeness (QED) is 0.628. The minimum Gasteiger partial charge on any atom is -0.371 e. The van der Waals surface area contributed by atoms with Gasteiger partial charge in [-0.2, -0.15) is 0 Å². The minimum atomic E-state index is -0.123. The van der Waals surface area contributed by atoms with Crippen LogP contribution in [0.1, 0.15) is 18.4 Å². The Kier molecular flexibility index (Phi) is 7.39. The average molecular weight is 462 g/mol. The molecule has 5 nitrogen and oxygen atoms in total. The van der Waals surface area contributed by atoms with Gasteiger partial charge < -0.3 is 15.5 Å². The summed E-state index contributed by atoms with van der Waals surface area (Å²) in [5, 5.41) is 5.74. The topological polar surface area (TPSA) is 61.4 Å². The second kappa shape index (κ2) is 9.98. The number of amides is 2. The number of aryl methyl sites for hydroxylation is 1. The van der Waals surface area contributed by atoms with Crippen molar-refractivity contribution in [1.29, 1.82) is 0 Å². The van der Waals surface area contributed by atoms with Gasteiger partial charge in [0.05, 0.1) is 11.5 Å². The summed E-state index contributed by atoms with van der Waals surface area (Å²) in [6.07, 6.45) is 2.48. The van der Waals surface area contributed by atoms with Crippen molar-refractivity contribution in [2.24, 2.45) is 0 Å². The molecule has 0 radical (unpaired) electrons. The normalized spacial score (nSPS) is 13.4. The smallest absolute Gasteiger partial charge is 0.234 e. The molecule has 0 aliphatic carbocycles. The molecule has 1 heterocycles. The van der Waals surface area contributed by atoms with Crippen LogP contribution in [-0.4, -0.2) is 36.4 Å². The third-order valence-corrected chi connectivity index (χ3v) is 5.93. The van der Waals surface area contributed by atoms with Crippen LogP contribution in [0.2, 0.25) is 0 Å². The molecule has 3 rings (SSSR count). The third kappa shape index (κ3) is 6.01. The lowest BCUT2D eigenvalue weighted by Gasteiger charge is -2.20. The third-order valence-electron chi connectivity index (χ3n) is 4.50. The highest BCUT2D eigenvalue weighted by Gasteiger charge is 2.15. The summed E-state index contributed by atoms with van der Waals surface area (Å²) in [5.41, 5.74) is 3.94. The van der Waals surface area contributed by atoms with Crippen molar-refractivity contribution in [3.05, 3.63) is 52.5 Å². The Balaban J connectivity index is 1.42. The number of nitrogens with zero attached hydrogens (tertiary/aromatic N) is 1. The molecule has 148 valence electrons. The summed E-state index contributed by atoms with van der Waals surface area (Å²) in [7, 11) is 0. The van der Waals surface area contributed by atoms with Gasteiger partial charge in [-0.25, -0.2) is 0 Å². The number of thioether (sulfide) groups is 1. The minimum absolute atomic E-state index is 0.103. The first-order valence-corrected chi connectivity index (χ1v) is 11.2. The number of halogens is 1. The lowest BCUT2D eigenvalue weighted by atomic mass is 10.1. The molecule has 0 bridgehead atoms. The average Bonchev–Trinajstić information content (AvgIpc) is 3.16. The van der Waals surface area contributed by atoms with Gasteiger partial charge in [-0.1, -0.05) is 22.0 Å². The number of anilines is 3. The lowest BCUT2D eigenvalue weighted by Crippen LogP contribution is -2.20. The molecule has 2 N–H and O–H groups in total. The van der Waals surface area contributed by atoms with E-state index in [9.17, 15) is 9.59 Å². The van der Waals surface area contributed by atoms with E-state index in [0.717, 1.165) is 28.9 Å². The molecule has 2 aromatic rings. The molecule has 0 unspecified atom stereocenters. The summed E-state index contributed by atoms with van der Waals surface area (Å²) < 4.78 is 0.906. The van der Waals surface area contributed by atoms with Crippen molar-refractivity contribution in [3.8, 4) is 0 Å². The highest BCUT2D eigenvalue weighted by Crippen LogP contribution is 2.26. The molecule has 7 heteroatoms. The standard InChI is InChI=1S/C21H24BrN3O2S/c1-15-11-18(7-8-19(15)25-9-2-3-10-25)24-21(27)14-28-13-20(26)23-17-6-4-5-16(22)12-17/h4-8,11-12H,2-3,9-10,13-14H2,1H3,(H,23,26)(H,24,27). The van der Waals surface area contributed by atoms with E-state index >= 15 is 0 Å². The first kappa shape index (κ1) is 20.7. The molecule has 0 spiro atoms. The van der Waals surface area contributed by atoms with Crippen molar-refractivity contribution in [3.63, 3.8) is 0 Å². The second-order valence-corrected chi connectivity index (χ2v) is 8.70. The van der Waals surface area contributed by atoms with Crippen molar-refractivity contribution < 1.29 is 9.59 Å². The second-order valence-electron chi connectivity index (χ2n) is 6.79. The fourth-order valence-electron chi connectivity index (χ4n) is 3.24. The van der Waals surface area contributed by atoms with E-state index < -0.39 is 0 Å².